The number of nitrogens with zero attached hydrogens (tertiary/aromatic N) is 2. The van der Waals surface area contributed by atoms with Gasteiger partial charge in [0.1, 0.15) is 0 Å². The lowest BCUT2D eigenvalue weighted by atomic mass is 10.1. The van der Waals surface area contributed by atoms with Crippen LogP contribution in [0, 0.1) is 13.8 Å². The van der Waals surface area contributed by atoms with E-state index in [1.54, 1.807) is 0 Å². The molecule has 0 spiro atoms. The van der Waals surface area contributed by atoms with Crippen LogP contribution >= 0.6 is 0 Å². The summed E-state index contributed by atoms with van der Waals surface area (Å²) in [5.41, 5.74) is 5.91. The van der Waals surface area contributed by atoms with E-state index in [-0.39, 0.29) is 0 Å². The first-order chi connectivity index (χ1) is 9.11. The van der Waals surface area contributed by atoms with Gasteiger partial charge < -0.3 is 10.2 Å². The lowest BCUT2D eigenvalue weighted by molar-refractivity contribution is 1.14. The summed E-state index contributed by atoms with van der Waals surface area (Å²) in [7, 11) is 2.07. The predicted octanol–water partition coefficient (Wildman–Crippen LogP) is 3.90. The molecule has 1 aromatic carbocycles. The quantitative estimate of drug-likeness (QED) is 0.898. The minimum atomic E-state index is 0.901. The molecule has 0 aliphatic carbocycles. The summed E-state index contributed by atoms with van der Waals surface area (Å²) in [6.45, 7) is 7.24. The molecular weight excluding hydrogens is 234 g/mol. The Morgan fingerprint density at radius 2 is 1.95 bits per heavy atom. The van der Waals surface area contributed by atoms with Crippen LogP contribution in [0.15, 0.2) is 36.7 Å². The van der Waals surface area contributed by atoms with Gasteiger partial charge in [-0.2, -0.15) is 0 Å². The maximum absolute atomic E-state index is 4.29. The molecule has 0 unspecified atom stereocenters. The second-order valence-electron chi connectivity index (χ2n) is 4.81. The Morgan fingerprint density at radius 3 is 2.63 bits per heavy atom. The molecule has 1 heterocycles. The van der Waals surface area contributed by atoms with Crippen molar-refractivity contribution in [2.24, 2.45) is 0 Å². The van der Waals surface area contributed by atoms with Crippen LogP contribution in [0.3, 0.4) is 0 Å². The third-order valence-corrected chi connectivity index (χ3v) is 3.21. The van der Waals surface area contributed by atoms with Crippen LogP contribution < -0.4 is 10.2 Å². The van der Waals surface area contributed by atoms with Gasteiger partial charge in [0.05, 0.1) is 23.8 Å². The molecule has 100 valence electrons. The fourth-order valence-electron chi connectivity index (χ4n) is 2.23. The van der Waals surface area contributed by atoms with Crippen molar-refractivity contribution in [2.45, 2.75) is 20.8 Å². The van der Waals surface area contributed by atoms with E-state index in [1.165, 1.54) is 16.8 Å². The Balaban J connectivity index is 2.32. The first kappa shape index (κ1) is 13.4. The molecule has 0 aliphatic heterocycles. The van der Waals surface area contributed by atoms with E-state index in [1.807, 2.05) is 12.4 Å². The number of aryl methyl sites for hydroxylation is 2. The summed E-state index contributed by atoms with van der Waals surface area (Å²) in [6.07, 6.45) is 3.74. The molecule has 0 saturated carbocycles. The van der Waals surface area contributed by atoms with Gasteiger partial charge in [-0.3, -0.25) is 4.98 Å². The highest BCUT2D eigenvalue weighted by Crippen LogP contribution is 2.28. The number of rotatable bonds is 4. The van der Waals surface area contributed by atoms with Crippen molar-refractivity contribution in [3.63, 3.8) is 0 Å². The number of aromatic nitrogens is 1. The summed E-state index contributed by atoms with van der Waals surface area (Å²) in [5, 5.41) is 3.29. The predicted molar refractivity (Wildman–Crippen MR) is 82.4 cm³/mol. The Bertz CT molecular complexity index is 564. The molecule has 3 heteroatoms. The maximum atomic E-state index is 4.29. The van der Waals surface area contributed by atoms with Crippen molar-refractivity contribution in [1.82, 2.24) is 4.98 Å². The van der Waals surface area contributed by atoms with Gasteiger partial charge in [0.25, 0.3) is 0 Å². The fourth-order valence-corrected chi connectivity index (χ4v) is 2.23. The van der Waals surface area contributed by atoms with Crippen LogP contribution in [0.25, 0.3) is 0 Å². The van der Waals surface area contributed by atoms with Gasteiger partial charge >= 0.3 is 0 Å². The van der Waals surface area contributed by atoms with Crippen molar-refractivity contribution in [2.75, 3.05) is 23.8 Å². The van der Waals surface area contributed by atoms with E-state index >= 15 is 0 Å². The molecule has 0 radical (unpaired) electrons. The van der Waals surface area contributed by atoms with Crippen LogP contribution in [0.4, 0.5) is 17.1 Å². The zero-order valence-corrected chi connectivity index (χ0v) is 12.1. The smallest absolute Gasteiger partial charge is 0.0615 e. The number of hydrogen-bond donors (Lipinski definition) is 1. The maximum Gasteiger partial charge on any atom is 0.0615 e. The number of nitrogens with one attached hydrogen (secondary N) is 1. The highest BCUT2D eigenvalue weighted by molar-refractivity contribution is 5.68. The van der Waals surface area contributed by atoms with E-state index in [9.17, 15) is 0 Å². The van der Waals surface area contributed by atoms with Crippen molar-refractivity contribution in [3.8, 4) is 0 Å². The number of hydrogen-bond acceptors (Lipinski definition) is 3. The monoisotopic (exact) mass is 255 g/mol. The van der Waals surface area contributed by atoms with Crippen LogP contribution in [0.5, 0.6) is 0 Å². The molecule has 0 amide bonds. The van der Waals surface area contributed by atoms with Gasteiger partial charge in [0.15, 0.2) is 0 Å². The lowest BCUT2D eigenvalue weighted by Crippen LogP contribution is -2.11. The fraction of sp³-hybridized carbons (Fsp3) is 0.312. The molecule has 0 atom stereocenters. The Kier molecular flexibility index (Phi) is 4.05. The van der Waals surface area contributed by atoms with Crippen LogP contribution in [0.2, 0.25) is 0 Å². The minimum Gasteiger partial charge on any atom is -0.384 e. The van der Waals surface area contributed by atoms with Gasteiger partial charge in [-0.1, -0.05) is 17.7 Å². The molecule has 2 aromatic rings. The van der Waals surface area contributed by atoms with Gasteiger partial charge in [0, 0.05) is 19.3 Å². The Morgan fingerprint density at radius 1 is 1.16 bits per heavy atom. The largest absolute Gasteiger partial charge is 0.384 e. The zero-order valence-electron chi connectivity index (χ0n) is 12.1. The van der Waals surface area contributed by atoms with Gasteiger partial charge in [-0.15, -0.1) is 0 Å². The van der Waals surface area contributed by atoms with E-state index in [2.05, 4.69) is 67.3 Å². The van der Waals surface area contributed by atoms with E-state index < -0.39 is 0 Å². The SMILES string of the molecule is CCNc1cncc(N(C)c2ccc(C)cc2C)c1. The molecule has 0 aliphatic rings. The molecule has 3 nitrogen and oxygen atoms in total. The van der Waals surface area contributed by atoms with Crippen molar-refractivity contribution < 1.29 is 0 Å². The molecule has 1 N–H and O–H groups in total. The summed E-state index contributed by atoms with van der Waals surface area (Å²) >= 11 is 0. The third kappa shape index (κ3) is 3.05. The van der Waals surface area contributed by atoms with Gasteiger partial charge in [-0.25, -0.2) is 0 Å². The number of anilines is 3. The van der Waals surface area contributed by atoms with E-state index in [0.29, 0.717) is 0 Å². The van der Waals surface area contributed by atoms with Crippen molar-refractivity contribution >= 4 is 17.1 Å². The molecule has 0 fully saturated rings. The standard InChI is InChI=1S/C16H21N3/c1-5-18-14-9-15(11-17-10-14)19(4)16-7-6-12(2)8-13(16)3/h6-11,18H,5H2,1-4H3. The average molecular weight is 255 g/mol. The highest BCUT2D eigenvalue weighted by Gasteiger charge is 2.08. The number of benzene rings is 1. The number of pyridine rings is 1. The molecule has 19 heavy (non-hydrogen) atoms. The average Bonchev–Trinajstić information content (AvgIpc) is 2.39. The van der Waals surface area contributed by atoms with Gasteiger partial charge in [-0.05, 0) is 38.5 Å². The summed E-state index contributed by atoms with van der Waals surface area (Å²) in [5.74, 6) is 0. The van der Waals surface area contributed by atoms with Crippen LogP contribution in [-0.2, 0) is 0 Å². The highest BCUT2D eigenvalue weighted by atomic mass is 15.1. The zero-order chi connectivity index (χ0) is 13.8. The Labute approximate surface area is 115 Å². The van der Waals surface area contributed by atoms with Crippen LogP contribution in [0.1, 0.15) is 18.1 Å². The summed E-state index contributed by atoms with van der Waals surface area (Å²) in [6, 6.07) is 8.62. The molecule has 0 saturated heterocycles. The van der Waals surface area contributed by atoms with E-state index in [4.69, 9.17) is 0 Å². The normalized spacial score (nSPS) is 10.3. The third-order valence-electron chi connectivity index (χ3n) is 3.21. The molecule has 2 rings (SSSR count). The topological polar surface area (TPSA) is 28.2 Å². The van der Waals surface area contributed by atoms with Crippen molar-refractivity contribution in [1.29, 1.82) is 0 Å². The Hall–Kier alpha value is -2.03. The molecule has 1 aromatic heterocycles. The lowest BCUT2D eigenvalue weighted by Gasteiger charge is -2.22. The molecule has 0 bridgehead atoms. The first-order valence-electron chi connectivity index (χ1n) is 6.61. The second-order valence-corrected chi connectivity index (χ2v) is 4.81. The molecular formula is C16H21N3. The van der Waals surface area contributed by atoms with Crippen LogP contribution in [-0.4, -0.2) is 18.6 Å². The van der Waals surface area contributed by atoms with E-state index in [0.717, 1.165) is 17.9 Å². The van der Waals surface area contributed by atoms with Gasteiger partial charge in [0.2, 0.25) is 0 Å². The first-order valence-corrected chi connectivity index (χ1v) is 6.61. The van der Waals surface area contributed by atoms with Crippen molar-refractivity contribution in [3.05, 3.63) is 47.8 Å². The minimum absolute atomic E-state index is 0.901. The summed E-state index contributed by atoms with van der Waals surface area (Å²) in [4.78, 5) is 6.46. The second kappa shape index (κ2) is 5.74. The summed E-state index contributed by atoms with van der Waals surface area (Å²) < 4.78 is 0.